The molecule has 0 unspecified atom stereocenters. The van der Waals surface area contributed by atoms with Gasteiger partial charge in [-0.1, -0.05) is 5.57 Å². The fourth-order valence-corrected chi connectivity index (χ4v) is 2.18. The number of hydrogen-bond donors (Lipinski definition) is 0. The molecule has 1 rings (SSSR count). The third kappa shape index (κ3) is 4.25. The molecule has 0 saturated heterocycles. The van der Waals surface area contributed by atoms with E-state index in [4.69, 9.17) is 4.74 Å². The Balaban J connectivity index is 2.73. The van der Waals surface area contributed by atoms with Crippen LogP contribution in [0, 0.1) is 0 Å². The molecule has 1 aliphatic rings. The predicted octanol–water partition coefficient (Wildman–Crippen LogP) is 3.08. The molecule has 21 heavy (non-hydrogen) atoms. The second kappa shape index (κ2) is 7.16. The van der Waals surface area contributed by atoms with E-state index in [1.54, 1.807) is 20.8 Å². The lowest BCUT2D eigenvalue weighted by molar-refractivity contribution is -0.139. The molecule has 0 spiro atoms. The van der Waals surface area contributed by atoms with E-state index in [9.17, 15) is 14.4 Å². The summed E-state index contributed by atoms with van der Waals surface area (Å²) in [7, 11) is 0. The van der Waals surface area contributed by atoms with Crippen molar-refractivity contribution >= 4 is 17.5 Å². The Labute approximate surface area is 125 Å². The van der Waals surface area contributed by atoms with E-state index < -0.39 is 0 Å². The summed E-state index contributed by atoms with van der Waals surface area (Å²) in [6.45, 7) is 8.63. The highest BCUT2D eigenvalue weighted by Gasteiger charge is 2.27. The highest BCUT2D eigenvalue weighted by atomic mass is 16.5. The van der Waals surface area contributed by atoms with Crippen LogP contribution >= 0.6 is 0 Å². The molecule has 0 aromatic heterocycles. The molecule has 1 aliphatic carbocycles. The number of allylic oxidation sites excluding steroid dienone is 5. The molecular formula is C17H22O4. The summed E-state index contributed by atoms with van der Waals surface area (Å²) in [5.74, 6) is -0.386. The topological polar surface area (TPSA) is 60.4 Å². The fraction of sp³-hybridized carbons (Fsp3) is 0.471. The SMILES string of the molecule is CC(=O)OCC=C(C)CCC1=C(C)C(=O)C(C)=C(C)C1=O. The maximum absolute atomic E-state index is 12.3. The van der Waals surface area contributed by atoms with Crippen molar-refractivity contribution in [1.82, 2.24) is 0 Å². The van der Waals surface area contributed by atoms with Crippen molar-refractivity contribution in [3.63, 3.8) is 0 Å². The number of ether oxygens (including phenoxy) is 1. The Morgan fingerprint density at radius 2 is 1.57 bits per heavy atom. The summed E-state index contributed by atoms with van der Waals surface area (Å²) in [4.78, 5) is 35.0. The molecule has 0 aliphatic heterocycles. The van der Waals surface area contributed by atoms with Crippen molar-refractivity contribution in [2.75, 3.05) is 6.61 Å². The Hall–Kier alpha value is -1.97. The minimum atomic E-state index is -0.318. The largest absolute Gasteiger partial charge is 0.462 e. The van der Waals surface area contributed by atoms with Gasteiger partial charge in [0.25, 0.3) is 0 Å². The maximum atomic E-state index is 12.3. The normalized spacial score (nSPS) is 16.7. The minimum absolute atomic E-state index is 0.0302. The lowest BCUT2D eigenvalue weighted by Crippen LogP contribution is -2.20. The van der Waals surface area contributed by atoms with Gasteiger partial charge in [-0.25, -0.2) is 0 Å². The molecule has 0 aromatic rings. The van der Waals surface area contributed by atoms with Crippen molar-refractivity contribution < 1.29 is 19.1 Å². The fourth-order valence-electron chi connectivity index (χ4n) is 2.18. The first-order chi connectivity index (χ1) is 9.75. The minimum Gasteiger partial charge on any atom is -0.462 e. The van der Waals surface area contributed by atoms with Gasteiger partial charge in [-0.05, 0) is 46.6 Å². The summed E-state index contributed by atoms with van der Waals surface area (Å²) in [5, 5.41) is 0. The Morgan fingerprint density at radius 3 is 2.14 bits per heavy atom. The van der Waals surface area contributed by atoms with Crippen LogP contribution in [-0.4, -0.2) is 24.1 Å². The Bertz CT molecular complexity index is 574. The van der Waals surface area contributed by atoms with Crippen LogP contribution in [0.25, 0.3) is 0 Å². The molecule has 4 heteroatoms. The summed E-state index contributed by atoms with van der Waals surface area (Å²) in [5.41, 5.74) is 3.27. The maximum Gasteiger partial charge on any atom is 0.302 e. The number of rotatable bonds is 5. The number of hydrogen-bond acceptors (Lipinski definition) is 4. The van der Waals surface area contributed by atoms with Gasteiger partial charge in [0.15, 0.2) is 11.6 Å². The van der Waals surface area contributed by atoms with E-state index in [1.165, 1.54) is 6.92 Å². The highest BCUT2D eigenvalue weighted by molar-refractivity contribution is 6.24. The Morgan fingerprint density at radius 1 is 1.00 bits per heavy atom. The first kappa shape index (κ1) is 17.1. The predicted molar refractivity (Wildman–Crippen MR) is 80.7 cm³/mol. The standard InChI is InChI=1S/C17H22O4/c1-10(8-9-21-14(5)18)6-7-15-13(4)16(19)11(2)12(3)17(15)20/h8H,6-7,9H2,1-5H3. The van der Waals surface area contributed by atoms with Gasteiger partial charge in [0, 0.05) is 29.2 Å². The number of carbonyl (C=O) groups is 3. The molecule has 4 nitrogen and oxygen atoms in total. The van der Waals surface area contributed by atoms with Crippen LogP contribution < -0.4 is 0 Å². The summed E-state index contributed by atoms with van der Waals surface area (Å²) < 4.78 is 4.84. The smallest absolute Gasteiger partial charge is 0.302 e. The van der Waals surface area contributed by atoms with Gasteiger partial charge in [0.1, 0.15) is 6.61 Å². The molecule has 0 radical (unpaired) electrons. The van der Waals surface area contributed by atoms with E-state index in [2.05, 4.69) is 0 Å². The lowest BCUT2D eigenvalue weighted by atomic mass is 9.83. The van der Waals surface area contributed by atoms with Gasteiger partial charge in [0.2, 0.25) is 0 Å². The third-order valence-corrected chi connectivity index (χ3v) is 3.80. The molecule has 0 saturated carbocycles. The number of carbonyl (C=O) groups excluding carboxylic acids is 3. The average Bonchev–Trinajstić information content (AvgIpc) is 2.42. The van der Waals surface area contributed by atoms with Crippen LogP contribution in [0.5, 0.6) is 0 Å². The first-order valence-electron chi connectivity index (χ1n) is 7.01. The molecule has 0 bridgehead atoms. The van der Waals surface area contributed by atoms with Crippen molar-refractivity contribution in [2.45, 2.75) is 47.5 Å². The zero-order valence-corrected chi connectivity index (χ0v) is 13.3. The summed E-state index contributed by atoms with van der Waals surface area (Å²) in [6, 6.07) is 0. The molecule has 0 N–H and O–H groups in total. The number of ketones is 2. The molecule has 114 valence electrons. The van der Waals surface area contributed by atoms with E-state index in [0.717, 1.165) is 5.57 Å². The molecule has 0 aromatic carbocycles. The van der Waals surface area contributed by atoms with Crippen molar-refractivity contribution in [3.8, 4) is 0 Å². The first-order valence-corrected chi connectivity index (χ1v) is 7.01. The van der Waals surface area contributed by atoms with Crippen LogP contribution in [0.2, 0.25) is 0 Å². The summed E-state index contributed by atoms with van der Waals surface area (Å²) >= 11 is 0. The van der Waals surface area contributed by atoms with Crippen LogP contribution in [0.4, 0.5) is 0 Å². The second-order valence-corrected chi connectivity index (χ2v) is 5.36. The summed E-state index contributed by atoms with van der Waals surface area (Å²) in [6.07, 6.45) is 3.02. The van der Waals surface area contributed by atoms with Crippen molar-refractivity contribution in [1.29, 1.82) is 0 Å². The quantitative estimate of drug-likeness (QED) is 0.443. The van der Waals surface area contributed by atoms with Crippen LogP contribution in [0.3, 0.4) is 0 Å². The molecule has 0 heterocycles. The molecular weight excluding hydrogens is 268 g/mol. The van der Waals surface area contributed by atoms with Gasteiger partial charge in [-0.3, -0.25) is 14.4 Å². The van der Waals surface area contributed by atoms with E-state index in [1.807, 2.05) is 13.0 Å². The monoisotopic (exact) mass is 290 g/mol. The van der Waals surface area contributed by atoms with Gasteiger partial charge in [-0.15, -0.1) is 0 Å². The number of Topliss-reactive ketones (excluding diaryl/α,β-unsaturated/α-hetero) is 2. The number of esters is 1. The van der Waals surface area contributed by atoms with Crippen molar-refractivity contribution in [2.24, 2.45) is 0 Å². The van der Waals surface area contributed by atoms with Crippen molar-refractivity contribution in [3.05, 3.63) is 33.9 Å². The van der Waals surface area contributed by atoms with Crippen LogP contribution in [-0.2, 0) is 19.1 Å². The Kier molecular flexibility index (Phi) is 5.82. The molecule has 0 fully saturated rings. The van der Waals surface area contributed by atoms with Crippen LogP contribution in [0.1, 0.15) is 47.5 Å². The van der Waals surface area contributed by atoms with E-state index >= 15 is 0 Å². The van der Waals surface area contributed by atoms with Gasteiger partial charge in [-0.2, -0.15) is 0 Å². The van der Waals surface area contributed by atoms with Gasteiger partial charge in [0.05, 0.1) is 0 Å². The lowest BCUT2D eigenvalue weighted by Gasteiger charge is -2.18. The molecule has 0 atom stereocenters. The van der Waals surface area contributed by atoms with Gasteiger partial charge >= 0.3 is 5.97 Å². The van der Waals surface area contributed by atoms with E-state index in [0.29, 0.717) is 35.1 Å². The zero-order valence-electron chi connectivity index (χ0n) is 13.3. The molecule has 0 amide bonds. The third-order valence-electron chi connectivity index (χ3n) is 3.80. The zero-order chi connectivity index (χ0) is 16.2. The average molecular weight is 290 g/mol. The van der Waals surface area contributed by atoms with E-state index in [-0.39, 0.29) is 24.1 Å². The van der Waals surface area contributed by atoms with Gasteiger partial charge < -0.3 is 4.74 Å². The van der Waals surface area contributed by atoms with Crippen LogP contribution in [0.15, 0.2) is 33.9 Å². The second-order valence-electron chi connectivity index (χ2n) is 5.36. The highest BCUT2D eigenvalue weighted by Crippen LogP contribution is 2.27.